The van der Waals surface area contributed by atoms with Gasteiger partial charge in [-0.1, -0.05) is 11.8 Å². The topological polar surface area (TPSA) is 77.0 Å². The molecule has 0 aromatic carbocycles. The highest BCUT2D eigenvalue weighted by Gasteiger charge is 2.07. The van der Waals surface area contributed by atoms with E-state index in [1.54, 1.807) is 13.3 Å². The summed E-state index contributed by atoms with van der Waals surface area (Å²) in [4.78, 5) is 9.20. The minimum atomic E-state index is 0.260. The van der Waals surface area contributed by atoms with Gasteiger partial charge in [0.25, 0.3) is 0 Å². The highest BCUT2D eigenvalue weighted by molar-refractivity contribution is 7.99. The van der Waals surface area contributed by atoms with Gasteiger partial charge < -0.3 is 15.5 Å². The van der Waals surface area contributed by atoms with Crippen LogP contribution in [-0.4, -0.2) is 17.0 Å². The molecular weight excluding hydrogens is 224 g/mol. The molecule has 0 saturated heterocycles. The molecule has 84 valence electrons. The number of aromatic nitrogens is 2. The van der Waals surface area contributed by atoms with E-state index in [0.29, 0.717) is 5.82 Å². The highest BCUT2D eigenvalue weighted by Crippen LogP contribution is 2.30. The van der Waals surface area contributed by atoms with Crippen LogP contribution in [0.25, 0.3) is 0 Å². The first-order valence-electron chi connectivity index (χ1n) is 4.73. The van der Waals surface area contributed by atoms with Gasteiger partial charge >= 0.3 is 0 Å². The van der Waals surface area contributed by atoms with Crippen LogP contribution < -0.4 is 11.1 Å². The van der Waals surface area contributed by atoms with E-state index in [0.717, 1.165) is 15.7 Å². The van der Waals surface area contributed by atoms with Gasteiger partial charge in [0.05, 0.1) is 11.2 Å². The normalized spacial score (nSPS) is 10.4. The summed E-state index contributed by atoms with van der Waals surface area (Å²) in [6.07, 6.45) is 1.65. The predicted molar refractivity (Wildman–Crippen MR) is 63.6 cm³/mol. The van der Waals surface area contributed by atoms with Gasteiger partial charge in [0, 0.05) is 13.1 Å². The molecule has 16 heavy (non-hydrogen) atoms. The third-order valence-corrected chi connectivity index (χ3v) is 3.06. The Morgan fingerprint density at radius 2 is 2.25 bits per heavy atom. The minimum absolute atomic E-state index is 0.260. The van der Waals surface area contributed by atoms with Gasteiger partial charge in [-0.2, -0.15) is 4.98 Å². The summed E-state index contributed by atoms with van der Waals surface area (Å²) >= 11 is 1.50. The lowest BCUT2D eigenvalue weighted by Crippen LogP contribution is -2.00. The molecule has 0 unspecified atom stereocenters. The van der Waals surface area contributed by atoms with Crippen molar-refractivity contribution in [1.29, 1.82) is 0 Å². The number of rotatable bonds is 3. The Morgan fingerprint density at radius 1 is 1.44 bits per heavy atom. The predicted octanol–water partition coefficient (Wildman–Crippen LogP) is 2.15. The second-order valence-corrected chi connectivity index (χ2v) is 4.20. The molecule has 2 rings (SSSR count). The summed E-state index contributed by atoms with van der Waals surface area (Å²) in [5, 5.41) is 3.73. The summed E-state index contributed by atoms with van der Waals surface area (Å²) < 4.78 is 5.21. The van der Waals surface area contributed by atoms with Gasteiger partial charge in [-0.3, -0.25) is 0 Å². The van der Waals surface area contributed by atoms with Crippen LogP contribution in [0.5, 0.6) is 0 Å². The average molecular weight is 236 g/mol. The first-order valence-corrected chi connectivity index (χ1v) is 5.55. The van der Waals surface area contributed by atoms with E-state index in [9.17, 15) is 0 Å². The van der Waals surface area contributed by atoms with Crippen molar-refractivity contribution in [1.82, 2.24) is 9.97 Å². The van der Waals surface area contributed by atoms with Crippen LogP contribution >= 0.6 is 11.8 Å². The molecule has 0 radical (unpaired) electrons. The van der Waals surface area contributed by atoms with Gasteiger partial charge in [-0.15, -0.1) is 0 Å². The van der Waals surface area contributed by atoms with Crippen LogP contribution in [0.1, 0.15) is 5.76 Å². The highest BCUT2D eigenvalue weighted by atomic mass is 32.2. The Kier molecular flexibility index (Phi) is 3.00. The first-order chi connectivity index (χ1) is 7.69. The van der Waals surface area contributed by atoms with Gasteiger partial charge in [0.2, 0.25) is 5.95 Å². The molecule has 3 N–H and O–H groups in total. The third-order valence-electron chi connectivity index (χ3n) is 2.00. The number of anilines is 2. The molecule has 0 aliphatic rings. The van der Waals surface area contributed by atoms with E-state index in [-0.39, 0.29) is 5.95 Å². The Balaban J connectivity index is 2.28. The maximum Gasteiger partial charge on any atom is 0.223 e. The van der Waals surface area contributed by atoms with E-state index in [1.807, 2.05) is 19.1 Å². The lowest BCUT2D eigenvalue weighted by atomic mass is 10.5. The lowest BCUT2D eigenvalue weighted by Gasteiger charge is -2.04. The quantitative estimate of drug-likeness (QED) is 0.795. The third kappa shape index (κ3) is 2.27. The SMILES string of the molecule is CNc1cc(Sc2ccoc2C)nc(N)n1. The number of aryl methyl sites for hydroxylation is 1. The van der Waals surface area contributed by atoms with Gasteiger partial charge in [0.15, 0.2) is 0 Å². The molecule has 0 fully saturated rings. The van der Waals surface area contributed by atoms with Crippen molar-refractivity contribution in [2.75, 3.05) is 18.1 Å². The maximum absolute atomic E-state index is 5.60. The molecule has 0 saturated carbocycles. The van der Waals surface area contributed by atoms with E-state index in [4.69, 9.17) is 10.2 Å². The molecule has 2 aromatic rings. The van der Waals surface area contributed by atoms with Crippen LogP contribution in [-0.2, 0) is 0 Å². The molecule has 0 amide bonds. The Labute approximate surface area is 97.5 Å². The van der Waals surface area contributed by atoms with Crippen molar-refractivity contribution >= 4 is 23.5 Å². The molecule has 0 spiro atoms. The van der Waals surface area contributed by atoms with Crippen molar-refractivity contribution in [3.63, 3.8) is 0 Å². The zero-order valence-electron chi connectivity index (χ0n) is 9.02. The van der Waals surface area contributed by atoms with Crippen molar-refractivity contribution < 1.29 is 4.42 Å². The Bertz CT molecular complexity index is 497. The number of hydrogen-bond donors (Lipinski definition) is 2. The zero-order valence-corrected chi connectivity index (χ0v) is 9.84. The van der Waals surface area contributed by atoms with E-state index < -0.39 is 0 Å². The van der Waals surface area contributed by atoms with Gasteiger partial charge in [-0.05, 0) is 13.0 Å². The van der Waals surface area contributed by atoms with E-state index in [2.05, 4.69) is 15.3 Å². The number of furan rings is 1. The number of nitrogens with two attached hydrogens (primary N) is 1. The fourth-order valence-corrected chi connectivity index (χ4v) is 2.07. The molecule has 2 heterocycles. The number of nitrogens with zero attached hydrogens (tertiary/aromatic N) is 2. The summed E-state index contributed by atoms with van der Waals surface area (Å²) in [5.41, 5.74) is 5.60. The second-order valence-electron chi connectivity index (χ2n) is 3.14. The summed E-state index contributed by atoms with van der Waals surface area (Å²) in [6.45, 7) is 1.91. The Hall–Kier alpha value is -1.69. The van der Waals surface area contributed by atoms with E-state index >= 15 is 0 Å². The molecule has 0 aliphatic heterocycles. The fourth-order valence-electron chi connectivity index (χ4n) is 1.22. The molecule has 0 bridgehead atoms. The van der Waals surface area contributed by atoms with Crippen molar-refractivity contribution in [3.05, 3.63) is 24.2 Å². The van der Waals surface area contributed by atoms with E-state index in [1.165, 1.54) is 11.8 Å². The Morgan fingerprint density at radius 3 is 2.88 bits per heavy atom. The smallest absolute Gasteiger partial charge is 0.223 e. The monoisotopic (exact) mass is 236 g/mol. The summed E-state index contributed by atoms with van der Waals surface area (Å²) in [7, 11) is 1.79. The molecule has 2 aromatic heterocycles. The van der Waals surface area contributed by atoms with Crippen molar-refractivity contribution in [3.8, 4) is 0 Å². The van der Waals surface area contributed by atoms with Crippen LogP contribution in [0.2, 0.25) is 0 Å². The molecule has 0 atom stereocenters. The summed E-state index contributed by atoms with van der Waals surface area (Å²) in [5.74, 6) is 1.83. The van der Waals surface area contributed by atoms with Crippen molar-refractivity contribution in [2.45, 2.75) is 16.8 Å². The largest absolute Gasteiger partial charge is 0.468 e. The first kappa shape index (κ1) is 10.8. The molecule has 0 aliphatic carbocycles. The average Bonchev–Trinajstić information content (AvgIpc) is 2.63. The fraction of sp³-hybridized carbons (Fsp3) is 0.200. The molecule has 6 heteroatoms. The summed E-state index contributed by atoms with van der Waals surface area (Å²) in [6, 6.07) is 3.74. The van der Waals surface area contributed by atoms with Crippen LogP contribution in [0.15, 0.2) is 32.7 Å². The van der Waals surface area contributed by atoms with Crippen molar-refractivity contribution in [2.24, 2.45) is 0 Å². The van der Waals surface area contributed by atoms with Crippen LogP contribution in [0.4, 0.5) is 11.8 Å². The standard InChI is InChI=1S/C10H12N4OS/c1-6-7(3-4-15-6)16-9-5-8(12-2)13-10(11)14-9/h3-5H,1-2H3,(H3,11,12,13,14). The number of nitrogen functional groups attached to an aromatic ring is 1. The lowest BCUT2D eigenvalue weighted by molar-refractivity contribution is 0.527. The number of hydrogen-bond acceptors (Lipinski definition) is 6. The second kappa shape index (κ2) is 4.44. The zero-order chi connectivity index (χ0) is 11.5. The number of nitrogens with one attached hydrogen (secondary N) is 1. The van der Waals surface area contributed by atoms with Gasteiger partial charge in [-0.25, -0.2) is 4.98 Å². The molecular formula is C10H12N4OS. The molecule has 5 nitrogen and oxygen atoms in total. The van der Waals surface area contributed by atoms with Crippen LogP contribution in [0, 0.1) is 6.92 Å². The van der Waals surface area contributed by atoms with Gasteiger partial charge in [0.1, 0.15) is 16.6 Å². The van der Waals surface area contributed by atoms with Crippen LogP contribution in [0.3, 0.4) is 0 Å². The maximum atomic E-state index is 5.60. The minimum Gasteiger partial charge on any atom is -0.468 e.